The monoisotopic (exact) mass is 136 g/mol. The summed E-state index contributed by atoms with van der Waals surface area (Å²) in [6.45, 7) is 0.664. The third-order valence-corrected chi connectivity index (χ3v) is 0.705. The van der Waals surface area contributed by atoms with Crippen molar-refractivity contribution in [1.29, 1.82) is 0 Å². The van der Waals surface area contributed by atoms with Gasteiger partial charge in [-0.15, -0.1) is 0 Å². The molecule has 0 heterocycles. The molecular weight excluding hydrogens is 127 g/mol. The highest BCUT2D eigenvalue weighted by atomic mass is 19.1. The standard InChI is InChI=1S/C5H9FO3/c1-2-9-5(8)4(7)3-6/h4,7H,2-3H2,1H3. The SMILES string of the molecule is CCOC(=O)C(O)CF. The quantitative estimate of drug-likeness (QED) is 0.550. The number of esters is 1. The lowest BCUT2D eigenvalue weighted by Crippen LogP contribution is -2.24. The third-order valence-electron chi connectivity index (χ3n) is 0.705. The summed E-state index contributed by atoms with van der Waals surface area (Å²) in [6, 6.07) is 0. The Kier molecular flexibility index (Phi) is 3.96. The van der Waals surface area contributed by atoms with E-state index in [2.05, 4.69) is 4.74 Å². The van der Waals surface area contributed by atoms with Crippen molar-refractivity contribution < 1.29 is 19.0 Å². The smallest absolute Gasteiger partial charge is 0.337 e. The van der Waals surface area contributed by atoms with E-state index in [0.717, 1.165) is 0 Å². The van der Waals surface area contributed by atoms with Gasteiger partial charge in [-0.2, -0.15) is 0 Å². The predicted octanol–water partition coefficient (Wildman–Crippen LogP) is -0.120. The van der Waals surface area contributed by atoms with Gasteiger partial charge in [0.15, 0.2) is 6.10 Å². The van der Waals surface area contributed by atoms with Crippen molar-refractivity contribution in [2.75, 3.05) is 13.3 Å². The lowest BCUT2D eigenvalue weighted by Gasteiger charge is -2.03. The molecule has 0 saturated heterocycles. The summed E-state index contributed by atoms with van der Waals surface area (Å²) >= 11 is 0. The van der Waals surface area contributed by atoms with Crippen molar-refractivity contribution in [3.63, 3.8) is 0 Å². The van der Waals surface area contributed by atoms with Crippen LogP contribution in [0, 0.1) is 0 Å². The fourth-order valence-corrected chi connectivity index (χ4v) is 0.301. The van der Waals surface area contributed by atoms with Crippen molar-refractivity contribution in [3.05, 3.63) is 0 Å². The average Bonchev–Trinajstić information content (AvgIpc) is 1.87. The summed E-state index contributed by atoms with van der Waals surface area (Å²) in [7, 11) is 0. The largest absolute Gasteiger partial charge is 0.464 e. The minimum Gasteiger partial charge on any atom is -0.464 e. The second-order valence-corrected chi connectivity index (χ2v) is 1.42. The summed E-state index contributed by atoms with van der Waals surface area (Å²) < 4.78 is 15.7. The molecule has 0 aromatic heterocycles. The van der Waals surface area contributed by atoms with Gasteiger partial charge in [0.1, 0.15) is 6.67 Å². The lowest BCUT2D eigenvalue weighted by molar-refractivity contribution is -0.153. The van der Waals surface area contributed by atoms with Crippen molar-refractivity contribution in [3.8, 4) is 0 Å². The van der Waals surface area contributed by atoms with E-state index in [1.807, 2.05) is 0 Å². The number of aliphatic hydroxyl groups excluding tert-OH is 1. The summed E-state index contributed by atoms with van der Waals surface area (Å²) in [5, 5.41) is 8.41. The van der Waals surface area contributed by atoms with Crippen LogP contribution in [0.4, 0.5) is 4.39 Å². The Balaban J connectivity index is 3.46. The highest BCUT2D eigenvalue weighted by Crippen LogP contribution is 1.88. The molecule has 0 rings (SSSR count). The van der Waals surface area contributed by atoms with Crippen LogP contribution < -0.4 is 0 Å². The zero-order chi connectivity index (χ0) is 7.28. The molecule has 1 unspecified atom stereocenters. The Morgan fingerprint density at radius 1 is 1.89 bits per heavy atom. The molecular formula is C5H9FO3. The molecule has 0 radical (unpaired) electrons. The van der Waals surface area contributed by atoms with E-state index in [1.165, 1.54) is 0 Å². The minimum absolute atomic E-state index is 0.163. The maximum absolute atomic E-state index is 11.4. The van der Waals surface area contributed by atoms with Crippen molar-refractivity contribution in [2.24, 2.45) is 0 Å². The third kappa shape index (κ3) is 3.03. The van der Waals surface area contributed by atoms with E-state index < -0.39 is 18.7 Å². The summed E-state index contributed by atoms with van der Waals surface area (Å²) in [5.74, 6) is -0.903. The molecule has 1 atom stereocenters. The molecule has 1 N–H and O–H groups in total. The predicted molar refractivity (Wildman–Crippen MR) is 28.6 cm³/mol. The Morgan fingerprint density at radius 3 is 2.78 bits per heavy atom. The van der Waals surface area contributed by atoms with Crippen molar-refractivity contribution in [1.82, 2.24) is 0 Å². The first kappa shape index (κ1) is 8.36. The molecule has 54 valence electrons. The molecule has 0 bridgehead atoms. The Morgan fingerprint density at radius 2 is 2.44 bits per heavy atom. The molecule has 0 amide bonds. The van der Waals surface area contributed by atoms with E-state index in [4.69, 9.17) is 5.11 Å². The van der Waals surface area contributed by atoms with Crippen LogP contribution in [0.3, 0.4) is 0 Å². The second kappa shape index (κ2) is 4.26. The molecule has 3 nitrogen and oxygen atoms in total. The highest BCUT2D eigenvalue weighted by Gasteiger charge is 2.14. The number of hydrogen-bond acceptors (Lipinski definition) is 3. The first-order valence-electron chi connectivity index (χ1n) is 2.63. The molecule has 0 aliphatic heterocycles. The molecule has 0 aromatic carbocycles. The van der Waals surface area contributed by atoms with E-state index in [9.17, 15) is 9.18 Å². The molecule has 0 fully saturated rings. The Bertz CT molecular complexity index is 94.2. The van der Waals surface area contributed by atoms with Crippen LogP contribution in [0.1, 0.15) is 6.92 Å². The normalized spacial score (nSPS) is 12.8. The number of ether oxygens (including phenoxy) is 1. The van der Waals surface area contributed by atoms with Gasteiger partial charge in [0.05, 0.1) is 6.61 Å². The van der Waals surface area contributed by atoms with E-state index in [-0.39, 0.29) is 6.61 Å². The van der Waals surface area contributed by atoms with E-state index >= 15 is 0 Å². The highest BCUT2D eigenvalue weighted by molar-refractivity contribution is 5.74. The fourth-order valence-electron chi connectivity index (χ4n) is 0.301. The number of halogens is 1. The molecule has 0 saturated carbocycles. The number of aliphatic hydroxyl groups is 1. The number of carbonyl (C=O) groups is 1. The van der Waals surface area contributed by atoms with Crippen LogP contribution in [0.5, 0.6) is 0 Å². The second-order valence-electron chi connectivity index (χ2n) is 1.42. The van der Waals surface area contributed by atoms with Gasteiger partial charge >= 0.3 is 5.97 Å². The number of rotatable bonds is 3. The van der Waals surface area contributed by atoms with Gasteiger partial charge in [0, 0.05) is 0 Å². The first-order chi connectivity index (χ1) is 4.22. The van der Waals surface area contributed by atoms with Crippen LogP contribution in [0.25, 0.3) is 0 Å². The first-order valence-corrected chi connectivity index (χ1v) is 2.63. The van der Waals surface area contributed by atoms with Gasteiger partial charge in [0.25, 0.3) is 0 Å². The zero-order valence-corrected chi connectivity index (χ0v) is 5.13. The number of carbonyl (C=O) groups excluding carboxylic acids is 1. The fraction of sp³-hybridized carbons (Fsp3) is 0.800. The lowest BCUT2D eigenvalue weighted by atomic mass is 10.4. The maximum Gasteiger partial charge on any atom is 0.337 e. The summed E-state index contributed by atoms with van der Waals surface area (Å²) in [6.07, 6.45) is -1.61. The molecule has 0 aliphatic carbocycles. The van der Waals surface area contributed by atoms with Gasteiger partial charge in [0.2, 0.25) is 0 Å². The van der Waals surface area contributed by atoms with Crippen LogP contribution in [-0.2, 0) is 9.53 Å². The molecule has 0 aliphatic rings. The molecule has 4 heteroatoms. The average molecular weight is 136 g/mol. The van der Waals surface area contributed by atoms with Crippen molar-refractivity contribution in [2.45, 2.75) is 13.0 Å². The van der Waals surface area contributed by atoms with Crippen LogP contribution in [0.2, 0.25) is 0 Å². The Hall–Kier alpha value is -0.640. The molecule has 0 aromatic rings. The van der Waals surface area contributed by atoms with Gasteiger partial charge in [-0.05, 0) is 6.92 Å². The van der Waals surface area contributed by atoms with Gasteiger partial charge < -0.3 is 9.84 Å². The van der Waals surface area contributed by atoms with Gasteiger partial charge in [-0.3, -0.25) is 0 Å². The minimum atomic E-state index is -1.61. The maximum atomic E-state index is 11.4. The van der Waals surface area contributed by atoms with Gasteiger partial charge in [-0.1, -0.05) is 0 Å². The van der Waals surface area contributed by atoms with E-state index in [0.29, 0.717) is 0 Å². The van der Waals surface area contributed by atoms with E-state index in [1.54, 1.807) is 6.92 Å². The summed E-state index contributed by atoms with van der Waals surface area (Å²) in [5.41, 5.74) is 0. The molecule has 0 spiro atoms. The van der Waals surface area contributed by atoms with Crippen LogP contribution in [-0.4, -0.2) is 30.5 Å². The summed E-state index contributed by atoms with van der Waals surface area (Å²) in [4.78, 5) is 10.3. The van der Waals surface area contributed by atoms with Crippen LogP contribution in [0.15, 0.2) is 0 Å². The molecule has 9 heavy (non-hydrogen) atoms. The zero-order valence-electron chi connectivity index (χ0n) is 5.13. The number of alkyl halides is 1. The van der Waals surface area contributed by atoms with Crippen LogP contribution >= 0.6 is 0 Å². The van der Waals surface area contributed by atoms with Crippen molar-refractivity contribution >= 4 is 5.97 Å². The number of hydrogen-bond donors (Lipinski definition) is 1. The topological polar surface area (TPSA) is 46.5 Å². The van der Waals surface area contributed by atoms with Gasteiger partial charge in [-0.25, -0.2) is 9.18 Å². The Labute approximate surface area is 52.4 Å².